The van der Waals surface area contributed by atoms with E-state index in [9.17, 15) is 13.2 Å². The summed E-state index contributed by atoms with van der Waals surface area (Å²) in [7, 11) is -0.787. The number of hydrogen-bond donors (Lipinski definition) is 2. The van der Waals surface area contributed by atoms with Crippen LogP contribution in [0.3, 0.4) is 0 Å². The number of nitrogens with one attached hydrogen (secondary N) is 2. The Hall–Kier alpha value is -1.68. The lowest BCUT2D eigenvalue weighted by molar-refractivity contribution is -0.125. The van der Waals surface area contributed by atoms with Crippen LogP contribution in [0.1, 0.15) is 30.9 Å². The summed E-state index contributed by atoms with van der Waals surface area (Å²) in [4.78, 5) is 12.6. The first-order chi connectivity index (χ1) is 12.4. The van der Waals surface area contributed by atoms with Crippen LogP contribution in [0.15, 0.2) is 24.3 Å². The van der Waals surface area contributed by atoms with E-state index in [4.69, 9.17) is 9.47 Å². The molecule has 2 aliphatic rings. The van der Waals surface area contributed by atoms with Crippen LogP contribution < -0.4 is 14.8 Å². The van der Waals surface area contributed by atoms with Gasteiger partial charge in [-0.15, -0.1) is 0 Å². The highest BCUT2D eigenvalue weighted by molar-refractivity contribution is 7.87. The fraction of sp³-hybridized carbons (Fsp3) is 0.588. The Balaban J connectivity index is 1.74. The van der Waals surface area contributed by atoms with E-state index in [0.29, 0.717) is 25.3 Å². The third kappa shape index (κ3) is 4.17. The Bertz CT molecular complexity index is 749. The van der Waals surface area contributed by atoms with Crippen molar-refractivity contribution in [1.29, 1.82) is 0 Å². The van der Waals surface area contributed by atoms with E-state index in [2.05, 4.69) is 10.0 Å². The van der Waals surface area contributed by atoms with E-state index in [-0.39, 0.29) is 12.0 Å². The fourth-order valence-electron chi connectivity index (χ4n) is 3.32. The molecule has 2 heterocycles. The van der Waals surface area contributed by atoms with E-state index in [1.54, 1.807) is 25.3 Å². The molecule has 2 fully saturated rings. The average molecular weight is 383 g/mol. The van der Waals surface area contributed by atoms with E-state index in [1.165, 1.54) is 7.05 Å². The predicted molar refractivity (Wildman–Crippen MR) is 95.9 cm³/mol. The van der Waals surface area contributed by atoms with Gasteiger partial charge in [-0.3, -0.25) is 4.79 Å². The highest BCUT2D eigenvalue weighted by atomic mass is 32.2. The highest BCUT2D eigenvalue weighted by Gasteiger charge is 2.40. The molecule has 0 spiro atoms. The van der Waals surface area contributed by atoms with Gasteiger partial charge in [0.1, 0.15) is 11.8 Å². The summed E-state index contributed by atoms with van der Waals surface area (Å²) in [6, 6.07) is 5.91. The fourth-order valence-corrected chi connectivity index (χ4v) is 4.60. The van der Waals surface area contributed by atoms with Crippen molar-refractivity contribution in [1.82, 2.24) is 14.3 Å². The van der Waals surface area contributed by atoms with Gasteiger partial charge in [0, 0.05) is 20.2 Å². The summed E-state index contributed by atoms with van der Waals surface area (Å²) in [5.41, 5.74) is 0.762. The van der Waals surface area contributed by atoms with E-state index >= 15 is 0 Å². The maximum atomic E-state index is 12.6. The Morgan fingerprint density at radius 1 is 1.46 bits per heavy atom. The van der Waals surface area contributed by atoms with Gasteiger partial charge in [-0.05, 0) is 37.0 Å². The first-order valence-corrected chi connectivity index (χ1v) is 10.1. The molecule has 3 unspecified atom stereocenters. The van der Waals surface area contributed by atoms with E-state index in [0.717, 1.165) is 22.7 Å². The lowest BCUT2D eigenvalue weighted by Crippen LogP contribution is -2.57. The Labute approximate surface area is 154 Å². The van der Waals surface area contributed by atoms with Gasteiger partial charge in [-0.2, -0.15) is 17.4 Å². The Morgan fingerprint density at radius 3 is 2.96 bits per heavy atom. The zero-order chi connectivity index (χ0) is 18.7. The molecule has 2 N–H and O–H groups in total. The molecule has 2 aliphatic heterocycles. The van der Waals surface area contributed by atoms with Gasteiger partial charge in [0.05, 0.1) is 19.3 Å². The van der Waals surface area contributed by atoms with Crippen molar-refractivity contribution in [3.63, 3.8) is 0 Å². The number of hydrogen-bond acceptors (Lipinski definition) is 5. The number of ether oxygens (including phenoxy) is 2. The largest absolute Gasteiger partial charge is 0.497 e. The van der Waals surface area contributed by atoms with E-state index < -0.39 is 22.3 Å². The van der Waals surface area contributed by atoms with Crippen LogP contribution in [0.5, 0.6) is 5.75 Å². The molecule has 26 heavy (non-hydrogen) atoms. The summed E-state index contributed by atoms with van der Waals surface area (Å²) in [5, 5.41) is 2.83. The predicted octanol–water partition coefficient (Wildman–Crippen LogP) is 0.570. The van der Waals surface area contributed by atoms with Crippen molar-refractivity contribution in [3.8, 4) is 5.75 Å². The second kappa shape index (κ2) is 7.91. The van der Waals surface area contributed by atoms with Crippen LogP contribution in [0, 0.1) is 0 Å². The van der Waals surface area contributed by atoms with Gasteiger partial charge in [-0.1, -0.05) is 12.1 Å². The molecule has 3 atom stereocenters. The van der Waals surface area contributed by atoms with Crippen LogP contribution >= 0.6 is 0 Å². The molecule has 144 valence electrons. The first-order valence-electron chi connectivity index (χ1n) is 8.69. The van der Waals surface area contributed by atoms with Gasteiger partial charge >= 0.3 is 0 Å². The normalized spacial score (nSPS) is 28.6. The smallest absolute Gasteiger partial charge is 0.280 e. The minimum atomic E-state index is -3.76. The number of amides is 1. The third-order valence-corrected chi connectivity index (χ3v) is 6.49. The molecule has 0 radical (unpaired) electrons. The molecule has 0 aliphatic carbocycles. The lowest BCUT2D eigenvalue weighted by Gasteiger charge is -2.36. The molecule has 2 saturated heterocycles. The molecule has 1 amide bonds. The molecule has 1 aromatic carbocycles. The van der Waals surface area contributed by atoms with Crippen molar-refractivity contribution >= 4 is 16.1 Å². The summed E-state index contributed by atoms with van der Waals surface area (Å²) in [6.07, 6.45) is 2.24. The van der Waals surface area contributed by atoms with Crippen LogP contribution in [-0.2, 0) is 19.7 Å². The molecule has 0 bridgehead atoms. The minimum Gasteiger partial charge on any atom is -0.497 e. The maximum Gasteiger partial charge on any atom is 0.280 e. The number of rotatable bonds is 5. The van der Waals surface area contributed by atoms with Gasteiger partial charge < -0.3 is 14.8 Å². The van der Waals surface area contributed by atoms with Crippen molar-refractivity contribution < 1.29 is 22.7 Å². The molecule has 9 heteroatoms. The molecule has 8 nitrogen and oxygen atoms in total. The summed E-state index contributed by atoms with van der Waals surface area (Å²) in [5.74, 6) is 0.334. The van der Waals surface area contributed by atoms with Crippen molar-refractivity contribution in [3.05, 3.63) is 29.8 Å². The molecule has 3 rings (SSSR count). The molecule has 1 aromatic rings. The topological polar surface area (TPSA) is 97.0 Å². The Kier molecular flexibility index (Phi) is 5.81. The Morgan fingerprint density at radius 2 is 2.27 bits per heavy atom. The van der Waals surface area contributed by atoms with Gasteiger partial charge in [-0.25, -0.2) is 0 Å². The number of methoxy groups -OCH3 is 1. The number of nitrogens with zero attached hydrogens (tertiary/aromatic N) is 1. The van der Waals surface area contributed by atoms with Crippen molar-refractivity contribution in [2.45, 2.75) is 37.5 Å². The van der Waals surface area contributed by atoms with Crippen molar-refractivity contribution in [2.24, 2.45) is 0 Å². The highest BCUT2D eigenvalue weighted by Crippen LogP contribution is 2.29. The van der Waals surface area contributed by atoms with Crippen LogP contribution in [0.2, 0.25) is 0 Å². The summed E-state index contributed by atoms with van der Waals surface area (Å²) < 4.78 is 39.4. The molecule has 0 aromatic heterocycles. The standard InChI is InChI=1S/C17H25N3O5S/c1-20-16(17(21)18-11-14-7-4-8-25-14)10-15(19-26(20,22)23)12-5-3-6-13(9-12)24-2/h3,5-6,9,14-16,19H,4,7-8,10-11H2,1-2H3,(H,18,21). The first kappa shape index (κ1) is 19.1. The average Bonchev–Trinajstić information content (AvgIpc) is 3.15. The van der Waals surface area contributed by atoms with Gasteiger partial charge in [0.2, 0.25) is 5.91 Å². The minimum absolute atomic E-state index is 0.0109. The maximum absolute atomic E-state index is 12.6. The zero-order valence-electron chi connectivity index (χ0n) is 15.0. The SMILES string of the molecule is COc1cccc(C2CC(C(=O)NCC3CCCO3)N(C)S(=O)(=O)N2)c1. The van der Waals surface area contributed by atoms with Gasteiger partial charge in [0.15, 0.2) is 0 Å². The monoisotopic (exact) mass is 383 g/mol. The second-order valence-electron chi connectivity index (χ2n) is 6.60. The third-order valence-electron chi connectivity index (χ3n) is 4.89. The van der Waals surface area contributed by atoms with Crippen LogP contribution in [-0.4, -0.2) is 58.1 Å². The number of carbonyl (C=O) groups excluding carboxylic acids is 1. The molecular formula is C17H25N3O5S. The number of carbonyl (C=O) groups is 1. The van der Waals surface area contributed by atoms with Crippen LogP contribution in [0.4, 0.5) is 0 Å². The van der Waals surface area contributed by atoms with Gasteiger partial charge in [0.25, 0.3) is 10.2 Å². The molecular weight excluding hydrogens is 358 g/mol. The summed E-state index contributed by atoms with van der Waals surface area (Å²) >= 11 is 0. The molecule has 0 saturated carbocycles. The number of likely N-dealkylation sites (N-methyl/N-ethyl adjacent to an activating group) is 1. The quantitative estimate of drug-likeness (QED) is 0.775. The van der Waals surface area contributed by atoms with E-state index in [1.807, 2.05) is 6.07 Å². The lowest BCUT2D eigenvalue weighted by atomic mass is 9.99. The summed E-state index contributed by atoms with van der Waals surface area (Å²) in [6.45, 7) is 1.11. The van der Waals surface area contributed by atoms with Crippen molar-refractivity contribution in [2.75, 3.05) is 27.3 Å². The zero-order valence-corrected chi connectivity index (χ0v) is 15.8. The number of benzene rings is 1. The second-order valence-corrected chi connectivity index (χ2v) is 8.36. The van der Waals surface area contributed by atoms with Crippen LogP contribution in [0.25, 0.3) is 0 Å².